The molecule has 1 unspecified atom stereocenters. The predicted molar refractivity (Wildman–Crippen MR) is 26.1 cm³/mol. The second kappa shape index (κ2) is 4.05. The van der Waals surface area contributed by atoms with Crippen LogP contribution in [0.1, 0.15) is 13.3 Å². The fourth-order valence-corrected chi connectivity index (χ4v) is 0.258. The van der Waals surface area contributed by atoms with Crippen LogP contribution in [0.25, 0.3) is 0 Å². The van der Waals surface area contributed by atoms with Crippen LogP contribution in [0.3, 0.4) is 0 Å². The number of hydroxylamine groups is 1. The minimum atomic E-state index is 0.00463. The Morgan fingerprint density at radius 2 is 2.29 bits per heavy atom. The van der Waals surface area contributed by atoms with Gasteiger partial charge in [0.15, 0.2) is 0 Å². The SMILES string of the molecule is CC(CCO)NO. The van der Waals surface area contributed by atoms with Gasteiger partial charge >= 0.3 is 0 Å². The maximum atomic E-state index is 8.22. The van der Waals surface area contributed by atoms with Crippen LogP contribution in [-0.2, 0) is 0 Å². The average molecular weight is 105 g/mol. The molecule has 0 heterocycles. The third-order valence-corrected chi connectivity index (χ3v) is 0.782. The Morgan fingerprint density at radius 3 is 2.43 bits per heavy atom. The first-order valence-corrected chi connectivity index (χ1v) is 2.31. The molecule has 0 spiro atoms. The highest BCUT2D eigenvalue weighted by atomic mass is 16.5. The van der Waals surface area contributed by atoms with Crippen molar-refractivity contribution in [3.8, 4) is 0 Å². The topological polar surface area (TPSA) is 52.5 Å². The molecule has 0 radical (unpaired) electrons. The number of nitrogens with one attached hydrogen (secondary N) is 1. The summed E-state index contributed by atoms with van der Waals surface area (Å²) in [6.07, 6.45) is 0.594. The molecule has 0 rings (SSSR count). The molecule has 0 aliphatic heterocycles. The molecule has 1 atom stereocenters. The smallest absolute Gasteiger partial charge is 0.0446 e. The molecular weight excluding hydrogens is 94.0 g/mol. The molecule has 0 fully saturated rings. The Balaban J connectivity index is 2.83. The maximum absolute atomic E-state index is 8.22. The zero-order valence-corrected chi connectivity index (χ0v) is 4.39. The summed E-state index contributed by atoms with van der Waals surface area (Å²) in [5.41, 5.74) is 2.01. The fourth-order valence-electron chi connectivity index (χ4n) is 0.258. The average Bonchev–Trinajstić information content (AvgIpc) is 1.68. The van der Waals surface area contributed by atoms with Crippen molar-refractivity contribution in [2.24, 2.45) is 0 Å². The summed E-state index contributed by atoms with van der Waals surface area (Å²) >= 11 is 0. The Morgan fingerprint density at radius 1 is 1.71 bits per heavy atom. The highest BCUT2D eigenvalue weighted by Crippen LogP contribution is 1.83. The van der Waals surface area contributed by atoms with Gasteiger partial charge in [-0.3, -0.25) is 0 Å². The molecule has 0 aliphatic carbocycles. The van der Waals surface area contributed by atoms with Crippen molar-refractivity contribution in [2.75, 3.05) is 6.61 Å². The lowest BCUT2D eigenvalue weighted by Gasteiger charge is -2.03. The van der Waals surface area contributed by atoms with E-state index in [1.807, 2.05) is 5.48 Å². The maximum Gasteiger partial charge on any atom is 0.0446 e. The van der Waals surface area contributed by atoms with Crippen molar-refractivity contribution in [1.29, 1.82) is 0 Å². The van der Waals surface area contributed by atoms with Crippen molar-refractivity contribution >= 4 is 0 Å². The molecule has 0 aromatic heterocycles. The van der Waals surface area contributed by atoms with Crippen LogP contribution in [0.2, 0.25) is 0 Å². The Kier molecular flexibility index (Phi) is 3.98. The highest BCUT2D eigenvalue weighted by Gasteiger charge is 1.93. The summed E-state index contributed by atoms with van der Waals surface area (Å²) in [6.45, 7) is 1.91. The highest BCUT2D eigenvalue weighted by molar-refractivity contribution is 4.49. The Bertz CT molecular complexity index is 40.7. The molecule has 0 amide bonds. The first-order chi connectivity index (χ1) is 3.31. The largest absolute Gasteiger partial charge is 0.396 e. The zero-order valence-electron chi connectivity index (χ0n) is 4.39. The lowest BCUT2D eigenvalue weighted by Crippen LogP contribution is -2.22. The lowest BCUT2D eigenvalue weighted by atomic mass is 10.3. The van der Waals surface area contributed by atoms with Gasteiger partial charge in [-0.2, -0.15) is 0 Å². The Hall–Kier alpha value is -0.120. The normalized spacial score (nSPS) is 14.1. The first kappa shape index (κ1) is 6.88. The van der Waals surface area contributed by atoms with Gasteiger partial charge in [-0.1, -0.05) is 0 Å². The quantitative estimate of drug-likeness (QED) is 0.433. The zero-order chi connectivity index (χ0) is 5.70. The minimum Gasteiger partial charge on any atom is -0.396 e. The van der Waals surface area contributed by atoms with Crippen molar-refractivity contribution in [1.82, 2.24) is 5.48 Å². The third-order valence-electron chi connectivity index (χ3n) is 0.782. The summed E-state index contributed by atoms with van der Waals surface area (Å²) in [5, 5.41) is 16.3. The van der Waals surface area contributed by atoms with E-state index in [1.54, 1.807) is 6.92 Å². The van der Waals surface area contributed by atoms with Crippen molar-refractivity contribution < 1.29 is 10.3 Å². The number of hydrogen-bond acceptors (Lipinski definition) is 3. The van der Waals surface area contributed by atoms with Gasteiger partial charge in [0.1, 0.15) is 0 Å². The van der Waals surface area contributed by atoms with Gasteiger partial charge in [-0.05, 0) is 13.3 Å². The van der Waals surface area contributed by atoms with Gasteiger partial charge in [-0.25, -0.2) is 5.48 Å². The van der Waals surface area contributed by atoms with Crippen LogP contribution in [0.15, 0.2) is 0 Å². The molecule has 0 bridgehead atoms. The summed E-state index contributed by atoms with van der Waals surface area (Å²) < 4.78 is 0. The summed E-state index contributed by atoms with van der Waals surface area (Å²) in [4.78, 5) is 0. The standard InChI is InChI=1S/C4H11NO2/c1-4(5-7)2-3-6/h4-7H,2-3H2,1H3. The van der Waals surface area contributed by atoms with Gasteiger partial charge < -0.3 is 10.3 Å². The van der Waals surface area contributed by atoms with Gasteiger partial charge in [0, 0.05) is 12.6 Å². The molecule has 3 heteroatoms. The number of rotatable bonds is 3. The molecule has 3 N–H and O–H groups in total. The van der Waals surface area contributed by atoms with E-state index in [0.717, 1.165) is 0 Å². The van der Waals surface area contributed by atoms with E-state index >= 15 is 0 Å². The van der Waals surface area contributed by atoms with Crippen molar-refractivity contribution in [3.63, 3.8) is 0 Å². The first-order valence-electron chi connectivity index (χ1n) is 2.31. The van der Waals surface area contributed by atoms with E-state index in [0.29, 0.717) is 6.42 Å². The van der Waals surface area contributed by atoms with Crippen LogP contribution in [-0.4, -0.2) is 23.0 Å². The fraction of sp³-hybridized carbons (Fsp3) is 1.00. The minimum absolute atomic E-state index is 0.00463. The summed E-state index contributed by atoms with van der Waals surface area (Å²) in [6, 6.07) is 0.00463. The van der Waals surface area contributed by atoms with E-state index in [2.05, 4.69) is 0 Å². The van der Waals surface area contributed by atoms with Crippen molar-refractivity contribution in [3.05, 3.63) is 0 Å². The lowest BCUT2D eigenvalue weighted by molar-refractivity contribution is 0.117. The van der Waals surface area contributed by atoms with E-state index in [1.165, 1.54) is 0 Å². The summed E-state index contributed by atoms with van der Waals surface area (Å²) in [5.74, 6) is 0. The van der Waals surface area contributed by atoms with E-state index in [-0.39, 0.29) is 12.6 Å². The van der Waals surface area contributed by atoms with Crippen LogP contribution in [0.5, 0.6) is 0 Å². The molecule has 0 aliphatic rings. The van der Waals surface area contributed by atoms with E-state index < -0.39 is 0 Å². The monoisotopic (exact) mass is 105 g/mol. The van der Waals surface area contributed by atoms with Crippen LogP contribution < -0.4 is 5.48 Å². The predicted octanol–water partition coefficient (Wildman–Crippen LogP) is -0.264. The van der Waals surface area contributed by atoms with E-state index in [9.17, 15) is 0 Å². The van der Waals surface area contributed by atoms with Crippen molar-refractivity contribution in [2.45, 2.75) is 19.4 Å². The molecular formula is C4H11NO2. The number of aliphatic hydroxyl groups is 1. The molecule has 0 aromatic carbocycles. The molecule has 44 valence electrons. The number of hydrogen-bond donors (Lipinski definition) is 3. The second-order valence-corrected chi connectivity index (χ2v) is 1.54. The molecule has 0 saturated heterocycles. The van der Waals surface area contributed by atoms with Crippen LogP contribution >= 0.6 is 0 Å². The number of aliphatic hydroxyl groups excluding tert-OH is 1. The van der Waals surface area contributed by atoms with Gasteiger partial charge in [-0.15, -0.1) is 0 Å². The van der Waals surface area contributed by atoms with Crippen LogP contribution in [0, 0.1) is 0 Å². The molecule has 7 heavy (non-hydrogen) atoms. The summed E-state index contributed by atoms with van der Waals surface area (Å²) in [7, 11) is 0. The Labute approximate surface area is 42.9 Å². The van der Waals surface area contributed by atoms with E-state index in [4.69, 9.17) is 10.3 Å². The molecule has 3 nitrogen and oxygen atoms in total. The molecule has 0 aromatic rings. The van der Waals surface area contributed by atoms with Gasteiger partial charge in [0.2, 0.25) is 0 Å². The second-order valence-electron chi connectivity index (χ2n) is 1.54. The van der Waals surface area contributed by atoms with Crippen LogP contribution in [0.4, 0.5) is 0 Å². The van der Waals surface area contributed by atoms with Gasteiger partial charge in [0.05, 0.1) is 0 Å². The molecule has 0 saturated carbocycles. The third kappa shape index (κ3) is 3.72. The van der Waals surface area contributed by atoms with Gasteiger partial charge in [0.25, 0.3) is 0 Å².